The van der Waals surface area contributed by atoms with Gasteiger partial charge in [0.05, 0.1) is 12.8 Å². The number of rotatable bonds is 7. The second-order valence-electron chi connectivity index (χ2n) is 6.74. The Labute approximate surface area is 149 Å². The van der Waals surface area contributed by atoms with Crippen LogP contribution in [0.1, 0.15) is 31.9 Å². The first-order chi connectivity index (χ1) is 11.9. The monoisotopic (exact) mass is 339 g/mol. The summed E-state index contributed by atoms with van der Waals surface area (Å²) in [6, 6.07) is 17.6. The number of carbonyl (C=O) groups is 1. The average molecular weight is 339 g/mol. The highest BCUT2D eigenvalue weighted by molar-refractivity contribution is 5.83. The zero-order valence-electron chi connectivity index (χ0n) is 15.0. The summed E-state index contributed by atoms with van der Waals surface area (Å²) >= 11 is 0. The summed E-state index contributed by atoms with van der Waals surface area (Å²) < 4.78 is 5.73. The summed E-state index contributed by atoms with van der Waals surface area (Å²) in [5.74, 6) is 0.619. The van der Waals surface area contributed by atoms with Crippen LogP contribution >= 0.6 is 0 Å². The molecule has 0 unspecified atom stereocenters. The molecule has 5 heteroatoms. The lowest BCUT2D eigenvalue weighted by Crippen LogP contribution is -2.42. The summed E-state index contributed by atoms with van der Waals surface area (Å²) in [5.41, 5.74) is 4.41. The molecule has 0 fully saturated rings. The maximum absolute atomic E-state index is 11.6. The van der Waals surface area contributed by atoms with E-state index in [1.807, 2.05) is 75.4 Å². The molecule has 0 radical (unpaired) electrons. The van der Waals surface area contributed by atoms with E-state index in [-0.39, 0.29) is 18.0 Å². The predicted molar refractivity (Wildman–Crippen MR) is 101 cm³/mol. The van der Waals surface area contributed by atoms with Gasteiger partial charge in [-0.15, -0.1) is 0 Å². The quantitative estimate of drug-likeness (QED) is 0.602. The van der Waals surface area contributed by atoms with E-state index in [1.54, 1.807) is 6.21 Å². The molecule has 2 aromatic rings. The van der Waals surface area contributed by atoms with Crippen LogP contribution in [0.2, 0.25) is 0 Å². The van der Waals surface area contributed by atoms with Crippen molar-refractivity contribution < 1.29 is 9.53 Å². The number of hydrogen-bond donors (Lipinski definition) is 2. The van der Waals surface area contributed by atoms with E-state index >= 15 is 0 Å². The van der Waals surface area contributed by atoms with Crippen molar-refractivity contribution >= 4 is 12.1 Å². The SMILES string of the molecule is CC(C)(C)NCC(=O)NN=Cc1ccc(OCc2ccccc2)cc1. The summed E-state index contributed by atoms with van der Waals surface area (Å²) in [6.07, 6.45) is 1.61. The van der Waals surface area contributed by atoms with Crippen LogP contribution in [0, 0.1) is 0 Å². The van der Waals surface area contributed by atoms with E-state index in [1.165, 1.54) is 0 Å². The molecular weight excluding hydrogens is 314 g/mol. The van der Waals surface area contributed by atoms with Gasteiger partial charge in [0.1, 0.15) is 12.4 Å². The molecule has 25 heavy (non-hydrogen) atoms. The Kier molecular flexibility index (Phi) is 6.71. The highest BCUT2D eigenvalue weighted by atomic mass is 16.5. The number of hydrazone groups is 1. The van der Waals surface area contributed by atoms with E-state index in [0.717, 1.165) is 16.9 Å². The maximum Gasteiger partial charge on any atom is 0.254 e. The lowest BCUT2D eigenvalue weighted by Gasteiger charge is -2.19. The fourth-order valence-corrected chi connectivity index (χ4v) is 1.95. The number of ether oxygens (including phenoxy) is 1. The summed E-state index contributed by atoms with van der Waals surface area (Å²) in [5, 5.41) is 7.06. The third-order valence-electron chi connectivity index (χ3n) is 3.31. The molecule has 0 spiro atoms. The fourth-order valence-electron chi connectivity index (χ4n) is 1.95. The number of nitrogens with zero attached hydrogens (tertiary/aromatic N) is 1. The molecule has 0 bridgehead atoms. The Morgan fingerprint density at radius 3 is 2.40 bits per heavy atom. The van der Waals surface area contributed by atoms with Gasteiger partial charge in [-0.1, -0.05) is 30.3 Å². The second-order valence-corrected chi connectivity index (χ2v) is 6.74. The minimum Gasteiger partial charge on any atom is -0.489 e. The Hall–Kier alpha value is -2.66. The van der Waals surface area contributed by atoms with Crippen LogP contribution in [0.5, 0.6) is 5.75 Å². The van der Waals surface area contributed by atoms with Crippen molar-refractivity contribution in [1.82, 2.24) is 10.7 Å². The van der Waals surface area contributed by atoms with Gasteiger partial charge in [0.2, 0.25) is 0 Å². The number of amides is 1. The molecule has 2 rings (SSSR count). The van der Waals surface area contributed by atoms with Gasteiger partial charge in [-0.05, 0) is 56.2 Å². The Morgan fingerprint density at radius 1 is 1.08 bits per heavy atom. The molecule has 1 amide bonds. The summed E-state index contributed by atoms with van der Waals surface area (Å²) in [4.78, 5) is 11.6. The highest BCUT2D eigenvalue weighted by Gasteiger charge is 2.10. The normalized spacial score (nSPS) is 11.5. The number of nitrogens with one attached hydrogen (secondary N) is 2. The third-order valence-corrected chi connectivity index (χ3v) is 3.31. The summed E-state index contributed by atoms with van der Waals surface area (Å²) in [7, 11) is 0. The van der Waals surface area contributed by atoms with Gasteiger partial charge in [0.25, 0.3) is 5.91 Å². The van der Waals surface area contributed by atoms with Gasteiger partial charge in [-0.2, -0.15) is 5.10 Å². The van der Waals surface area contributed by atoms with Gasteiger partial charge < -0.3 is 10.1 Å². The van der Waals surface area contributed by atoms with Crippen LogP contribution in [-0.4, -0.2) is 24.2 Å². The molecule has 0 atom stereocenters. The van der Waals surface area contributed by atoms with Gasteiger partial charge in [0.15, 0.2) is 0 Å². The predicted octanol–water partition coefficient (Wildman–Crippen LogP) is 3.10. The molecule has 2 aromatic carbocycles. The van der Waals surface area contributed by atoms with Crippen LogP contribution in [0.15, 0.2) is 59.7 Å². The van der Waals surface area contributed by atoms with Gasteiger partial charge >= 0.3 is 0 Å². The molecule has 0 aromatic heterocycles. The Balaban J connectivity index is 1.77. The van der Waals surface area contributed by atoms with Crippen LogP contribution in [0.25, 0.3) is 0 Å². The minimum absolute atomic E-state index is 0.101. The Bertz CT molecular complexity index is 689. The largest absolute Gasteiger partial charge is 0.489 e. The topological polar surface area (TPSA) is 62.7 Å². The molecule has 132 valence electrons. The highest BCUT2D eigenvalue weighted by Crippen LogP contribution is 2.13. The van der Waals surface area contributed by atoms with Crippen molar-refractivity contribution in [3.8, 4) is 5.75 Å². The molecule has 0 aliphatic carbocycles. The molecule has 0 aliphatic rings. The van der Waals surface area contributed by atoms with E-state index in [9.17, 15) is 4.79 Å². The van der Waals surface area contributed by atoms with Crippen LogP contribution in [0.3, 0.4) is 0 Å². The van der Waals surface area contributed by atoms with Crippen LogP contribution in [-0.2, 0) is 11.4 Å². The van der Waals surface area contributed by atoms with Gasteiger partial charge in [0, 0.05) is 5.54 Å². The number of benzene rings is 2. The van der Waals surface area contributed by atoms with Crippen molar-refractivity contribution in [3.63, 3.8) is 0 Å². The first-order valence-corrected chi connectivity index (χ1v) is 8.26. The average Bonchev–Trinajstić information content (AvgIpc) is 2.60. The zero-order valence-corrected chi connectivity index (χ0v) is 15.0. The van der Waals surface area contributed by atoms with Gasteiger partial charge in [-0.25, -0.2) is 5.43 Å². The van der Waals surface area contributed by atoms with Crippen molar-refractivity contribution in [2.75, 3.05) is 6.54 Å². The third kappa shape index (κ3) is 7.63. The van der Waals surface area contributed by atoms with Gasteiger partial charge in [-0.3, -0.25) is 4.79 Å². The molecule has 5 nitrogen and oxygen atoms in total. The molecule has 0 heterocycles. The fraction of sp³-hybridized carbons (Fsp3) is 0.300. The maximum atomic E-state index is 11.6. The molecule has 2 N–H and O–H groups in total. The number of hydrogen-bond acceptors (Lipinski definition) is 4. The lowest BCUT2D eigenvalue weighted by atomic mass is 10.1. The van der Waals surface area contributed by atoms with Crippen molar-refractivity contribution in [1.29, 1.82) is 0 Å². The van der Waals surface area contributed by atoms with E-state index < -0.39 is 0 Å². The summed E-state index contributed by atoms with van der Waals surface area (Å²) in [6.45, 7) is 6.78. The lowest BCUT2D eigenvalue weighted by molar-refractivity contribution is -0.120. The Morgan fingerprint density at radius 2 is 1.76 bits per heavy atom. The van der Waals surface area contributed by atoms with Crippen molar-refractivity contribution in [2.24, 2.45) is 5.10 Å². The molecule has 0 saturated heterocycles. The standard InChI is InChI=1S/C20H25N3O2/c1-20(2,3)21-14-19(24)23-22-13-16-9-11-18(12-10-16)25-15-17-7-5-4-6-8-17/h4-13,21H,14-15H2,1-3H3,(H,23,24). The minimum atomic E-state index is -0.172. The van der Waals surface area contributed by atoms with E-state index in [2.05, 4.69) is 15.8 Å². The molecule has 0 saturated carbocycles. The smallest absolute Gasteiger partial charge is 0.254 e. The van der Waals surface area contributed by atoms with Crippen LogP contribution in [0.4, 0.5) is 0 Å². The van der Waals surface area contributed by atoms with Crippen molar-refractivity contribution in [2.45, 2.75) is 32.9 Å². The second kappa shape index (κ2) is 8.99. The van der Waals surface area contributed by atoms with Crippen LogP contribution < -0.4 is 15.5 Å². The molecule has 0 aliphatic heterocycles. The van der Waals surface area contributed by atoms with E-state index in [0.29, 0.717) is 6.61 Å². The molecular formula is C20H25N3O2. The first kappa shape index (κ1) is 18.7. The van der Waals surface area contributed by atoms with E-state index in [4.69, 9.17) is 4.74 Å². The number of carbonyl (C=O) groups excluding carboxylic acids is 1. The van der Waals surface area contributed by atoms with Crippen molar-refractivity contribution in [3.05, 3.63) is 65.7 Å². The first-order valence-electron chi connectivity index (χ1n) is 8.26. The zero-order chi connectivity index (χ0) is 18.1.